The number of piperazine rings is 1. The first-order valence-corrected chi connectivity index (χ1v) is 9.18. The molecule has 1 heterocycles. The maximum absolute atomic E-state index is 12.4. The summed E-state index contributed by atoms with van der Waals surface area (Å²) in [5.74, 6) is 0.684. The van der Waals surface area contributed by atoms with Crippen molar-refractivity contribution in [2.24, 2.45) is 0 Å². The van der Waals surface area contributed by atoms with Gasteiger partial charge in [0.05, 0.1) is 18.7 Å². The van der Waals surface area contributed by atoms with E-state index in [0.29, 0.717) is 23.9 Å². The lowest BCUT2D eigenvalue weighted by atomic mass is 10.2. The highest BCUT2D eigenvalue weighted by Crippen LogP contribution is 2.27. The van der Waals surface area contributed by atoms with Gasteiger partial charge in [0.25, 0.3) is 0 Å². The second-order valence-corrected chi connectivity index (χ2v) is 6.89. The highest BCUT2D eigenvalue weighted by atomic mass is 35.5. The van der Waals surface area contributed by atoms with Gasteiger partial charge in [-0.2, -0.15) is 0 Å². The first-order chi connectivity index (χ1) is 12.6. The van der Waals surface area contributed by atoms with Gasteiger partial charge in [0.1, 0.15) is 5.75 Å². The van der Waals surface area contributed by atoms with Crippen LogP contribution in [0, 0.1) is 0 Å². The molecule has 0 bridgehead atoms. The number of halogens is 2. The number of benzene rings is 2. The van der Waals surface area contributed by atoms with E-state index in [1.165, 1.54) is 0 Å². The Morgan fingerprint density at radius 3 is 2.54 bits per heavy atom. The monoisotopic (exact) mass is 393 g/mol. The zero-order chi connectivity index (χ0) is 18.5. The van der Waals surface area contributed by atoms with Crippen molar-refractivity contribution in [3.8, 4) is 5.75 Å². The molecule has 5 nitrogen and oxygen atoms in total. The molecule has 3 rings (SSSR count). The standard InChI is InChI=1S/C19H21Cl2N3O2/c1-26-18-6-5-15(12-17(18)21)22-13-19(25)24-9-7-23(8-10-24)16-4-2-3-14(20)11-16/h2-6,11-12,22H,7-10,13H2,1H3. The molecule has 2 aromatic rings. The van der Waals surface area contributed by atoms with E-state index in [4.69, 9.17) is 27.9 Å². The molecule has 1 saturated heterocycles. The number of methoxy groups -OCH3 is 1. The SMILES string of the molecule is COc1ccc(NCC(=O)N2CCN(c3cccc(Cl)c3)CC2)cc1Cl. The lowest BCUT2D eigenvalue weighted by Gasteiger charge is -2.36. The van der Waals surface area contributed by atoms with Crippen LogP contribution in [0.15, 0.2) is 42.5 Å². The number of carbonyl (C=O) groups is 1. The summed E-state index contributed by atoms with van der Waals surface area (Å²) in [6.07, 6.45) is 0. The van der Waals surface area contributed by atoms with Gasteiger partial charge < -0.3 is 19.9 Å². The van der Waals surface area contributed by atoms with Crippen LogP contribution in [0.5, 0.6) is 5.75 Å². The zero-order valence-electron chi connectivity index (χ0n) is 14.5. The largest absolute Gasteiger partial charge is 0.495 e. The number of amides is 1. The highest BCUT2D eigenvalue weighted by molar-refractivity contribution is 6.32. The van der Waals surface area contributed by atoms with Gasteiger partial charge in [-0.1, -0.05) is 29.3 Å². The van der Waals surface area contributed by atoms with Gasteiger partial charge in [0.15, 0.2) is 0 Å². The number of nitrogens with one attached hydrogen (secondary N) is 1. The quantitative estimate of drug-likeness (QED) is 0.839. The molecule has 1 N–H and O–H groups in total. The average molecular weight is 394 g/mol. The minimum absolute atomic E-state index is 0.0719. The summed E-state index contributed by atoms with van der Waals surface area (Å²) in [6, 6.07) is 13.2. The van der Waals surface area contributed by atoms with E-state index in [9.17, 15) is 4.79 Å². The van der Waals surface area contributed by atoms with Crippen molar-refractivity contribution in [3.05, 3.63) is 52.5 Å². The fourth-order valence-electron chi connectivity index (χ4n) is 2.95. The van der Waals surface area contributed by atoms with Gasteiger partial charge in [-0.15, -0.1) is 0 Å². The minimum atomic E-state index is 0.0719. The Balaban J connectivity index is 1.50. The molecule has 0 atom stereocenters. The number of ether oxygens (including phenoxy) is 1. The summed E-state index contributed by atoms with van der Waals surface area (Å²) in [5, 5.41) is 4.36. The van der Waals surface area contributed by atoms with Crippen LogP contribution >= 0.6 is 23.2 Å². The van der Waals surface area contributed by atoms with Gasteiger partial charge in [-0.3, -0.25) is 4.79 Å². The Labute approximate surface area is 163 Å². The number of hydrogen-bond acceptors (Lipinski definition) is 4. The molecule has 1 aliphatic rings. The van der Waals surface area contributed by atoms with E-state index in [-0.39, 0.29) is 12.5 Å². The topological polar surface area (TPSA) is 44.8 Å². The van der Waals surface area contributed by atoms with E-state index < -0.39 is 0 Å². The van der Waals surface area contributed by atoms with Gasteiger partial charge >= 0.3 is 0 Å². The molecule has 1 fully saturated rings. The third-order valence-electron chi connectivity index (χ3n) is 4.40. The molecule has 0 unspecified atom stereocenters. The minimum Gasteiger partial charge on any atom is -0.495 e. The van der Waals surface area contributed by atoms with Gasteiger partial charge in [0.2, 0.25) is 5.91 Å². The van der Waals surface area contributed by atoms with Crippen LogP contribution in [0.2, 0.25) is 10.0 Å². The number of anilines is 2. The van der Waals surface area contributed by atoms with E-state index >= 15 is 0 Å². The third-order valence-corrected chi connectivity index (χ3v) is 4.93. The molecule has 1 aliphatic heterocycles. The zero-order valence-corrected chi connectivity index (χ0v) is 16.1. The van der Waals surface area contributed by atoms with Crippen LogP contribution in [0.3, 0.4) is 0 Å². The molecule has 26 heavy (non-hydrogen) atoms. The third kappa shape index (κ3) is 4.54. The van der Waals surface area contributed by atoms with Gasteiger partial charge in [0, 0.05) is 42.6 Å². The summed E-state index contributed by atoms with van der Waals surface area (Å²) in [4.78, 5) is 16.6. The maximum Gasteiger partial charge on any atom is 0.241 e. The van der Waals surface area contributed by atoms with Crippen molar-refractivity contribution in [3.63, 3.8) is 0 Å². The highest BCUT2D eigenvalue weighted by Gasteiger charge is 2.21. The van der Waals surface area contributed by atoms with Crippen molar-refractivity contribution >= 4 is 40.5 Å². The van der Waals surface area contributed by atoms with E-state index in [1.807, 2.05) is 35.2 Å². The molecule has 2 aromatic carbocycles. The fraction of sp³-hybridized carbons (Fsp3) is 0.316. The molecule has 0 aliphatic carbocycles. The molecule has 1 amide bonds. The summed E-state index contributed by atoms with van der Waals surface area (Å²) in [5.41, 5.74) is 1.89. The lowest BCUT2D eigenvalue weighted by molar-refractivity contribution is -0.129. The van der Waals surface area contributed by atoms with E-state index in [2.05, 4.69) is 10.2 Å². The molecular weight excluding hydrogens is 373 g/mol. The first kappa shape index (κ1) is 18.7. The Morgan fingerprint density at radius 2 is 1.88 bits per heavy atom. The number of nitrogens with zero attached hydrogens (tertiary/aromatic N) is 2. The first-order valence-electron chi connectivity index (χ1n) is 8.42. The molecule has 0 radical (unpaired) electrons. The van der Waals surface area contributed by atoms with Crippen LogP contribution in [0.1, 0.15) is 0 Å². The Morgan fingerprint density at radius 1 is 1.12 bits per heavy atom. The summed E-state index contributed by atoms with van der Waals surface area (Å²) in [6.45, 7) is 3.20. The fourth-order valence-corrected chi connectivity index (χ4v) is 3.39. The Bertz CT molecular complexity index is 777. The summed E-state index contributed by atoms with van der Waals surface area (Å²) in [7, 11) is 1.57. The normalized spacial score (nSPS) is 14.3. The van der Waals surface area contributed by atoms with Crippen molar-refractivity contribution in [2.45, 2.75) is 0 Å². The summed E-state index contributed by atoms with van der Waals surface area (Å²) >= 11 is 12.2. The molecular formula is C19H21Cl2N3O2. The Hall–Kier alpha value is -2.11. The van der Waals surface area contributed by atoms with Crippen molar-refractivity contribution < 1.29 is 9.53 Å². The molecule has 0 spiro atoms. The van der Waals surface area contributed by atoms with Crippen LogP contribution < -0.4 is 15.0 Å². The predicted octanol–water partition coefficient (Wildman–Crippen LogP) is 3.76. The summed E-state index contributed by atoms with van der Waals surface area (Å²) < 4.78 is 5.13. The Kier molecular flexibility index (Phi) is 6.12. The van der Waals surface area contributed by atoms with Crippen LogP contribution in [0.25, 0.3) is 0 Å². The number of rotatable bonds is 5. The van der Waals surface area contributed by atoms with Gasteiger partial charge in [-0.05, 0) is 36.4 Å². The second kappa shape index (κ2) is 8.52. The van der Waals surface area contributed by atoms with Crippen molar-refractivity contribution in [2.75, 3.05) is 50.1 Å². The number of carbonyl (C=O) groups excluding carboxylic acids is 1. The van der Waals surface area contributed by atoms with Gasteiger partial charge in [-0.25, -0.2) is 0 Å². The van der Waals surface area contributed by atoms with Crippen LogP contribution in [0.4, 0.5) is 11.4 Å². The average Bonchev–Trinajstić information content (AvgIpc) is 2.66. The molecule has 7 heteroatoms. The second-order valence-electron chi connectivity index (χ2n) is 6.05. The number of hydrogen-bond donors (Lipinski definition) is 1. The van der Waals surface area contributed by atoms with Crippen LogP contribution in [-0.2, 0) is 4.79 Å². The maximum atomic E-state index is 12.4. The molecule has 0 saturated carbocycles. The lowest BCUT2D eigenvalue weighted by Crippen LogP contribution is -2.50. The van der Waals surface area contributed by atoms with E-state index in [0.717, 1.165) is 29.5 Å². The van der Waals surface area contributed by atoms with Crippen molar-refractivity contribution in [1.82, 2.24) is 4.90 Å². The molecule has 138 valence electrons. The molecule has 0 aromatic heterocycles. The van der Waals surface area contributed by atoms with Crippen molar-refractivity contribution in [1.29, 1.82) is 0 Å². The van der Waals surface area contributed by atoms with Crippen LogP contribution in [-0.4, -0.2) is 50.6 Å². The smallest absolute Gasteiger partial charge is 0.241 e. The predicted molar refractivity (Wildman–Crippen MR) is 107 cm³/mol. The van der Waals surface area contributed by atoms with E-state index in [1.54, 1.807) is 19.2 Å².